The van der Waals surface area contributed by atoms with Crippen LogP contribution >= 0.6 is 11.3 Å². The molecule has 0 bridgehead atoms. The van der Waals surface area contributed by atoms with Crippen LogP contribution in [0.15, 0.2) is 48.0 Å². The van der Waals surface area contributed by atoms with Crippen molar-refractivity contribution in [2.75, 3.05) is 0 Å². The molecule has 0 aliphatic carbocycles. The topological polar surface area (TPSA) is 74.0 Å². The molecular formula is C21H25N3O2S. The van der Waals surface area contributed by atoms with Gasteiger partial charge >= 0.3 is 0 Å². The molecule has 5 nitrogen and oxygen atoms in total. The Morgan fingerprint density at radius 1 is 1.15 bits per heavy atom. The third-order valence-corrected chi connectivity index (χ3v) is 5.44. The largest absolute Gasteiger partial charge is 0.361 e. The Morgan fingerprint density at radius 2 is 1.96 bits per heavy atom. The van der Waals surface area contributed by atoms with Gasteiger partial charge in [0.05, 0.1) is 4.88 Å². The lowest BCUT2D eigenvalue weighted by molar-refractivity contribution is -0.123. The Kier molecular flexibility index (Phi) is 6.29. The first kappa shape index (κ1) is 19.2. The maximum atomic E-state index is 12.9. The number of carbonyl (C=O) groups excluding carboxylic acids is 2. The van der Waals surface area contributed by atoms with E-state index in [1.165, 1.54) is 11.3 Å². The van der Waals surface area contributed by atoms with Crippen molar-refractivity contribution in [1.82, 2.24) is 15.6 Å². The predicted octanol–water partition coefficient (Wildman–Crippen LogP) is 3.88. The molecule has 1 aromatic carbocycles. The van der Waals surface area contributed by atoms with Crippen molar-refractivity contribution in [1.29, 1.82) is 0 Å². The summed E-state index contributed by atoms with van der Waals surface area (Å²) in [5.74, 6) is -0.362. The van der Waals surface area contributed by atoms with Crippen LogP contribution in [0.25, 0.3) is 10.9 Å². The molecule has 0 spiro atoms. The summed E-state index contributed by atoms with van der Waals surface area (Å²) in [7, 11) is 0. The van der Waals surface area contributed by atoms with E-state index in [4.69, 9.17) is 0 Å². The molecule has 3 N–H and O–H groups in total. The highest BCUT2D eigenvalue weighted by Gasteiger charge is 2.24. The standard InChI is InChI=1S/C21H25N3O2S/c1-3-7-14(2)23-20(25)18(24-21(26)19-10-6-11-27-19)12-15-13-22-17-9-5-4-8-16(15)17/h4-6,8-11,13-14,18,22H,3,7,12H2,1-2H3,(H,23,25)(H,24,26). The summed E-state index contributed by atoms with van der Waals surface area (Å²) < 4.78 is 0. The van der Waals surface area contributed by atoms with Gasteiger partial charge in [-0.25, -0.2) is 0 Å². The molecule has 0 aliphatic heterocycles. The van der Waals surface area contributed by atoms with Crippen molar-refractivity contribution in [3.63, 3.8) is 0 Å². The predicted molar refractivity (Wildman–Crippen MR) is 110 cm³/mol. The zero-order valence-corrected chi connectivity index (χ0v) is 16.4. The number of hydrogen-bond donors (Lipinski definition) is 3. The van der Waals surface area contributed by atoms with Crippen molar-refractivity contribution in [3.8, 4) is 0 Å². The molecule has 0 aliphatic rings. The van der Waals surface area contributed by atoms with E-state index in [0.717, 1.165) is 29.3 Å². The van der Waals surface area contributed by atoms with Gasteiger partial charge in [-0.15, -0.1) is 11.3 Å². The van der Waals surface area contributed by atoms with E-state index < -0.39 is 6.04 Å². The number of H-pyrrole nitrogens is 1. The van der Waals surface area contributed by atoms with Crippen molar-refractivity contribution in [2.45, 2.75) is 45.2 Å². The first-order valence-corrected chi connectivity index (χ1v) is 10.2. The second-order valence-corrected chi connectivity index (χ2v) is 7.71. The summed E-state index contributed by atoms with van der Waals surface area (Å²) in [6.45, 7) is 4.08. The van der Waals surface area contributed by atoms with Gasteiger partial charge < -0.3 is 15.6 Å². The monoisotopic (exact) mass is 383 g/mol. The van der Waals surface area contributed by atoms with Crippen LogP contribution in [0.3, 0.4) is 0 Å². The number of benzene rings is 1. The molecular weight excluding hydrogens is 358 g/mol. The molecule has 3 aromatic rings. The first-order valence-electron chi connectivity index (χ1n) is 9.28. The molecule has 2 aromatic heterocycles. The van der Waals surface area contributed by atoms with Gasteiger partial charge in [-0.05, 0) is 36.4 Å². The molecule has 0 radical (unpaired) electrons. The minimum absolute atomic E-state index is 0.0756. The Hall–Kier alpha value is -2.60. The summed E-state index contributed by atoms with van der Waals surface area (Å²) in [6, 6.07) is 11.0. The SMILES string of the molecule is CCCC(C)NC(=O)C(Cc1c[nH]c2ccccc12)NC(=O)c1cccs1. The van der Waals surface area contributed by atoms with E-state index in [9.17, 15) is 9.59 Å². The highest BCUT2D eigenvalue weighted by Crippen LogP contribution is 2.19. The van der Waals surface area contributed by atoms with E-state index in [1.54, 1.807) is 6.07 Å². The fraction of sp³-hybridized carbons (Fsp3) is 0.333. The number of aromatic amines is 1. The Morgan fingerprint density at radius 3 is 2.70 bits per heavy atom. The summed E-state index contributed by atoms with van der Waals surface area (Å²) in [6.07, 6.45) is 4.25. The average molecular weight is 384 g/mol. The van der Waals surface area contributed by atoms with Crippen LogP contribution in [0.4, 0.5) is 0 Å². The number of nitrogens with one attached hydrogen (secondary N) is 3. The summed E-state index contributed by atoms with van der Waals surface area (Å²) in [4.78, 5) is 29.2. The Balaban J connectivity index is 1.80. The average Bonchev–Trinajstić information content (AvgIpc) is 3.31. The molecule has 2 unspecified atom stereocenters. The van der Waals surface area contributed by atoms with Gasteiger partial charge in [0, 0.05) is 29.6 Å². The molecule has 6 heteroatoms. The van der Waals surface area contributed by atoms with Crippen molar-refractivity contribution in [2.24, 2.45) is 0 Å². The lowest BCUT2D eigenvalue weighted by Crippen LogP contribution is -2.50. The van der Waals surface area contributed by atoms with Gasteiger partial charge in [0.15, 0.2) is 0 Å². The smallest absolute Gasteiger partial charge is 0.262 e. The zero-order valence-electron chi connectivity index (χ0n) is 15.6. The highest BCUT2D eigenvalue weighted by atomic mass is 32.1. The third-order valence-electron chi connectivity index (χ3n) is 4.58. The van der Waals surface area contributed by atoms with E-state index >= 15 is 0 Å². The number of fused-ring (bicyclic) bond motifs is 1. The summed E-state index contributed by atoms with van der Waals surface area (Å²) >= 11 is 1.37. The molecule has 3 rings (SSSR count). The molecule has 0 saturated heterocycles. The van der Waals surface area contributed by atoms with Crippen LogP contribution in [0.2, 0.25) is 0 Å². The second-order valence-electron chi connectivity index (χ2n) is 6.77. The first-order chi connectivity index (χ1) is 13.1. The van der Waals surface area contributed by atoms with Gasteiger partial charge in [0.2, 0.25) is 5.91 Å². The van der Waals surface area contributed by atoms with E-state index in [2.05, 4.69) is 22.5 Å². The summed E-state index contributed by atoms with van der Waals surface area (Å²) in [5.41, 5.74) is 2.04. The third kappa shape index (κ3) is 4.77. The minimum atomic E-state index is -0.627. The Bertz CT molecular complexity index is 901. The van der Waals surface area contributed by atoms with Crippen molar-refractivity contribution in [3.05, 3.63) is 58.4 Å². The number of thiophene rings is 1. The maximum absolute atomic E-state index is 12.9. The van der Waals surface area contributed by atoms with Crippen LogP contribution in [0.5, 0.6) is 0 Å². The fourth-order valence-electron chi connectivity index (χ4n) is 3.22. The van der Waals surface area contributed by atoms with Gasteiger partial charge in [-0.2, -0.15) is 0 Å². The lowest BCUT2D eigenvalue weighted by Gasteiger charge is -2.21. The lowest BCUT2D eigenvalue weighted by atomic mass is 10.0. The Labute approximate surface area is 163 Å². The number of amides is 2. The normalized spacial score (nSPS) is 13.3. The van der Waals surface area contributed by atoms with E-state index in [1.807, 2.05) is 48.8 Å². The van der Waals surface area contributed by atoms with E-state index in [-0.39, 0.29) is 17.9 Å². The molecule has 0 saturated carbocycles. The van der Waals surface area contributed by atoms with Crippen LogP contribution < -0.4 is 10.6 Å². The molecule has 142 valence electrons. The molecule has 27 heavy (non-hydrogen) atoms. The van der Waals surface area contributed by atoms with Gasteiger partial charge in [0.1, 0.15) is 6.04 Å². The fourth-order valence-corrected chi connectivity index (χ4v) is 3.84. The second kappa shape index (κ2) is 8.86. The van der Waals surface area contributed by atoms with Crippen LogP contribution in [0, 0.1) is 0 Å². The van der Waals surface area contributed by atoms with Crippen molar-refractivity contribution >= 4 is 34.1 Å². The van der Waals surface area contributed by atoms with Crippen LogP contribution in [-0.2, 0) is 11.2 Å². The molecule has 2 heterocycles. The van der Waals surface area contributed by atoms with Gasteiger partial charge in [-0.1, -0.05) is 37.6 Å². The van der Waals surface area contributed by atoms with E-state index in [0.29, 0.717) is 11.3 Å². The van der Waals surface area contributed by atoms with Gasteiger partial charge in [-0.3, -0.25) is 9.59 Å². The number of hydrogen-bond acceptors (Lipinski definition) is 3. The molecule has 2 atom stereocenters. The highest BCUT2D eigenvalue weighted by molar-refractivity contribution is 7.12. The number of carbonyl (C=O) groups is 2. The molecule has 0 fully saturated rings. The minimum Gasteiger partial charge on any atom is -0.361 e. The van der Waals surface area contributed by atoms with Crippen LogP contribution in [-0.4, -0.2) is 28.9 Å². The summed E-state index contributed by atoms with van der Waals surface area (Å²) in [5, 5.41) is 8.87. The number of rotatable bonds is 8. The zero-order chi connectivity index (χ0) is 19.2. The number of para-hydroxylation sites is 1. The van der Waals surface area contributed by atoms with Gasteiger partial charge in [0.25, 0.3) is 5.91 Å². The quantitative estimate of drug-likeness (QED) is 0.552. The van der Waals surface area contributed by atoms with Crippen molar-refractivity contribution < 1.29 is 9.59 Å². The maximum Gasteiger partial charge on any atom is 0.262 e. The number of aromatic nitrogens is 1. The van der Waals surface area contributed by atoms with Crippen LogP contribution in [0.1, 0.15) is 41.9 Å². The molecule has 2 amide bonds.